The van der Waals surface area contributed by atoms with E-state index in [1.165, 1.54) is 20.8 Å². The molecule has 13 N–H and O–H groups in total. The highest BCUT2D eigenvalue weighted by Crippen LogP contribution is 2.07. The van der Waals surface area contributed by atoms with Crippen LogP contribution in [0.2, 0.25) is 0 Å². The molecule has 0 unspecified atom stereocenters. The first-order valence-corrected chi connectivity index (χ1v) is 15.8. The van der Waals surface area contributed by atoms with Crippen molar-refractivity contribution in [2.24, 2.45) is 11.7 Å². The first kappa shape index (κ1) is 45.6. The molecule has 0 aliphatic heterocycles. The monoisotopic (exact) mass is 732 g/mol. The molecule has 0 aromatic carbocycles. The molecule has 7 amide bonds. The number of carbonyl (C=O) groups excluding carboxylic acids is 7. The summed E-state index contributed by atoms with van der Waals surface area (Å²) < 4.78 is 0. The van der Waals surface area contributed by atoms with Gasteiger partial charge in [-0.25, -0.2) is 4.79 Å². The number of aliphatic hydroxyl groups excluding tert-OH is 1. The number of carbonyl (C=O) groups is 10. The molecule has 0 spiro atoms. The largest absolute Gasteiger partial charge is 0.481 e. The van der Waals surface area contributed by atoms with Crippen LogP contribution in [0.15, 0.2) is 0 Å². The van der Waals surface area contributed by atoms with Gasteiger partial charge in [0.2, 0.25) is 41.4 Å². The van der Waals surface area contributed by atoms with E-state index in [-0.39, 0.29) is 0 Å². The minimum absolute atomic E-state index is 0.425. The van der Waals surface area contributed by atoms with Gasteiger partial charge in [0.15, 0.2) is 0 Å². The van der Waals surface area contributed by atoms with Crippen molar-refractivity contribution < 1.29 is 68.4 Å². The maximum atomic E-state index is 12.9. The van der Waals surface area contributed by atoms with Gasteiger partial charge in [-0.3, -0.25) is 43.2 Å². The summed E-state index contributed by atoms with van der Waals surface area (Å²) in [4.78, 5) is 121. The van der Waals surface area contributed by atoms with Gasteiger partial charge in [-0.1, -0.05) is 20.3 Å². The number of hydrogen-bond acceptors (Lipinski definition) is 12. The van der Waals surface area contributed by atoms with E-state index in [4.69, 9.17) is 15.9 Å². The summed E-state index contributed by atoms with van der Waals surface area (Å²) in [6.07, 6.45) is -2.75. The average molecular weight is 733 g/mol. The lowest BCUT2D eigenvalue weighted by Gasteiger charge is -2.23. The number of aliphatic carboxylic acids is 3. The molecule has 0 saturated heterocycles. The van der Waals surface area contributed by atoms with E-state index in [0.29, 0.717) is 6.42 Å². The molecule has 8 atom stereocenters. The Labute approximate surface area is 292 Å². The quantitative estimate of drug-likeness (QED) is 0.0467. The van der Waals surface area contributed by atoms with Crippen molar-refractivity contribution in [3.05, 3.63) is 0 Å². The second-order valence-electron chi connectivity index (χ2n) is 11.6. The SMILES string of the molecule is CC[C@H](C)[C@H](NC(=O)CNC(=O)[C@H](CC(=O)O)NC(=O)CNC(=O)[C@H](C)NC(=O)[C@H](CCC(=O)O)NC(=O)[C@H](C)NC(=O)[C@@H](N)[C@@H](C)O)C(=O)O. The van der Waals surface area contributed by atoms with Gasteiger partial charge in [-0.15, -0.1) is 0 Å². The Hall–Kier alpha value is -5.38. The second kappa shape index (κ2) is 22.4. The Balaban J connectivity index is 5.28. The van der Waals surface area contributed by atoms with Crippen LogP contribution in [0.25, 0.3) is 0 Å². The molecule has 51 heavy (non-hydrogen) atoms. The highest BCUT2D eigenvalue weighted by molar-refractivity contribution is 5.97. The molecule has 288 valence electrons. The molecule has 22 heteroatoms. The van der Waals surface area contributed by atoms with Crippen molar-refractivity contribution in [3.63, 3.8) is 0 Å². The third-order valence-electron chi connectivity index (χ3n) is 7.28. The van der Waals surface area contributed by atoms with Crippen molar-refractivity contribution >= 4 is 59.3 Å². The maximum Gasteiger partial charge on any atom is 0.326 e. The van der Waals surface area contributed by atoms with Crippen LogP contribution >= 0.6 is 0 Å². The molecular formula is C29H48N8O14. The van der Waals surface area contributed by atoms with E-state index in [2.05, 4.69) is 37.2 Å². The summed E-state index contributed by atoms with van der Waals surface area (Å²) in [6.45, 7) is 5.42. The fraction of sp³-hybridized carbons (Fsp3) is 0.655. The number of nitrogens with one attached hydrogen (secondary N) is 7. The van der Waals surface area contributed by atoms with Crippen molar-refractivity contribution in [2.45, 2.75) is 103 Å². The van der Waals surface area contributed by atoms with Gasteiger partial charge in [0.25, 0.3) is 0 Å². The molecule has 22 nitrogen and oxygen atoms in total. The average Bonchev–Trinajstić information content (AvgIpc) is 3.04. The fourth-order valence-corrected chi connectivity index (χ4v) is 3.96. The molecule has 0 aliphatic carbocycles. The zero-order valence-electron chi connectivity index (χ0n) is 28.8. The highest BCUT2D eigenvalue weighted by Gasteiger charge is 2.30. The third kappa shape index (κ3) is 17.7. The van der Waals surface area contributed by atoms with Gasteiger partial charge in [0.1, 0.15) is 36.3 Å². The van der Waals surface area contributed by atoms with Gasteiger partial charge in [0, 0.05) is 6.42 Å². The summed E-state index contributed by atoms with van der Waals surface area (Å²) in [5, 5.41) is 52.3. The topological polar surface area (TPSA) is 362 Å². The van der Waals surface area contributed by atoms with E-state index in [9.17, 15) is 58.2 Å². The van der Waals surface area contributed by atoms with Gasteiger partial charge < -0.3 is 63.4 Å². The number of aliphatic hydroxyl groups is 1. The highest BCUT2D eigenvalue weighted by atomic mass is 16.4. The van der Waals surface area contributed by atoms with E-state index < -0.39 is 140 Å². The molecule has 0 bridgehead atoms. The molecule has 0 radical (unpaired) electrons. The van der Waals surface area contributed by atoms with Crippen molar-refractivity contribution in [3.8, 4) is 0 Å². The predicted molar refractivity (Wildman–Crippen MR) is 173 cm³/mol. The smallest absolute Gasteiger partial charge is 0.326 e. The van der Waals surface area contributed by atoms with Crippen molar-refractivity contribution in [1.82, 2.24) is 37.2 Å². The molecule has 0 fully saturated rings. The van der Waals surface area contributed by atoms with E-state index >= 15 is 0 Å². The number of rotatable bonds is 23. The molecule has 0 aromatic heterocycles. The summed E-state index contributed by atoms with van der Waals surface area (Å²) in [7, 11) is 0. The van der Waals surface area contributed by atoms with E-state index in [1.807, 2.05) is 0 Å². The lowest BCUT2D eigenvalue weighted by atomic mass is 9.99. The molecule has 0 saturated carbocycles. The zero-order valence-corrected chi connectivity index (χ0v) is 28.8. The summed E-state index contributed by atoms with van der Waals surface area (Å²) in [5.41, 5.74) is 5.52. The number of hydrogen-bond donors (Lipinski definition) is 12. The molecular weight excluding hydrogens is 684 g/mol. The lowest BCUT2D eigenvalue weighted by molar-refractivity contribution is -0.143. The van der Waals surface area contributed by atoms with Crippen LogP contribution in [-0.4, -0.2) is 135 Å². The standard InChI is InChI=1S/C29H48N8O14/c1-6-12(2)23(29(50)51)37-19(40)11-32-26(47)17(9-21(43)44)35-18(39)10-31-24(45)13(3)33-27(48)16(7-8-20(41)42)36-25(46)14(4)34-28(49)22(30)15(5)38/h12-17,22-23,38H,6-11,30H2,1-5H3,(H,31,45)(H,32,47)(H,33,48)(H,34,49)(H,35,39)(H,36,46)(H,37,40)(H,41,42)(H,43,44)(H,50,51)/t12-,13-,14-,15+,16-,17-,22-,23-/m0/s1. The van der Waals surface area contributed by atoms with Gasteiger partial charge >= 0.3 is 17.9 Å². The summed E-state index contributed by atoms with van der Waals surface area (Å²) in [6, 6.07) is -8.47. The number of carboxylic acid groups (broad SMARTS) is 3. The number of amides is 7. The van der Waals surface area contributed by atoms with Crippen LogP contribution < -0.4 is 43.0 Å². The van der Waals surface area contributed by atoms with Crippen LogP contribution in [0.1, 0.15) is 60.3 Å². The zero-order chi connectivity index (χ0) is 39.6. The van der Waals surface area contributed by atoms with Gasteiger partial charge in [-0.05, 0) is 33.1 Å². The van der Waals surface area contributed by atoms with Crippen LogP contribution in [0.3, 0.4) is 0 Å². The molecule has 0 heterocycles. The van der Waals surface area contributed by atoms with Crippen LogP contribution in [0, 0.1) is 5.92 Å². The van der Waals surface area contributed by atoms with Crippen LogP contribution in [0.4, 0.5) is 0 Å². The molecule has 0 aromatic rings. The third-order valence-corrected chi connectivity index (χ3v) is 7.28. The van der Waals surface area contributed by atoms with Crippen molar-refractivity contribution in [2.75, 3.05) is 13.1 Å². The first-order valence-electron chi connectivity index (χ1n) is 15.8. The molecule has 0 aliphatic rings. The second-order valence-corrected chi connectivity index (χ2v) is 11.6. The summed E-state index contributed by atoms with van der Waals surface area (Å²) >= 11 is 0. The molecule has 0 rings (SSSR count). The predicted octanol–water partition coefficient (Wildman–Crippen LogP) is -5.14. The lowest BCUT2D eigenvalue weighted by Crippen LogP contribution is -2.58. The van der Waals surface area contributed by atoms with Crippen molar-refractivity contribution in [1.29, 1.82) is 0 Å². The van der Waals surface area contributed by atoms with Gasteiger partial charge in [-0.2, -0.15) is 0 Å². The minimum Gasteiger partial charge on any atom is -0.481 e. The fourth-order valence-electron chi connectivity index (χ4n) is 3.96. The number of carboxylic acids is 3. The van der Waals surface area contributed by atoms with Crippen LogP contribution in [-0.2, 0) is 47.9 Å². The normalized spacial score (nSPS) is 15.4. The first-order chi connectivity index (χ1) is 23.6. The Bertz CT molecular complexity index is 1310. The van der Waals surface area contributed by atoms with E-state index in [1.54, 1.807) is 13.8 Å². The Morgan fingerprint density at radius 3 is 1.61 bits per heavy atom. The maximum absolute atomic E-state index is 12.9. The minimum atomic E-state index is -1.71. The van der Waals surface area contributed by atoms with E-state index in [0.717, 1.165) is 0 Å². The summed E-state index contributed by atoms with van der Waals surface area (Å²) in [5.74, 6) is -11.3. The Morgan fingerprint density at radius 1 is 0.608 bits per heavy atom. The Kier molecular flexibility index (Phi) is 20.0. The van der Waals surface area contributed by atoms with Crippen LogP contribution in [0.5, 0.6) is 0 Å². The number of nitrogens with two attached hydrogens (primary N) is 1. The Morgan fingerprint density at radius 2 is 1.12 bits per heavy atom. The van der Waals surface area contributed by atoms with Gasteiger partial charge in [0.05, 0.1) is 25.6 Å².